The largest absolute Gasteiger partial charge is 0.493 e. The Bertz CT molecular complexity index is 901. The Labute approximate surface area is 161 Å². The lowest BCUT2D eigenvalue weighted by Crippen LogP contribution is -2.58. The van der Waals surface area contributed by atoms with E-state index in [1.807, 2.05) is 0 Å². The van der Waals surface area contributed by atoms with Crippen LogP contribution in [0.15, 0.2) is 22.6 Å². The van der Waals surface area contributed by atoms with Gasteiger partial charge < -0.3 is 23.7 Å². The van der Waals surface area contributed by atoms with Gasteiger partial charge in [0.25, 0.3) is 5.91 Å². The van der Waals surface area contributed by atoms with Gasteiger partial charge in [-0.15, -0.1) is 0 Å². The van der Waals surface area contributed by atoms with E-state index in [9.17, 15) is 9.59 Å². The molecule has 0 radical (unpaired) electrons. The summed E-state index contributed by atoms with van der Waals surface area (Å²) in [6.45, 7) is 1.77. The van der Waals surface area contributed by atoms with Gasteiger partial charge in [0.05, 0.1) is 12.7 Å². The van der Waals surface area contributed by atoms with Crippen molar-refractivity contribution >= 4 is 34.4 Å². The van der Waals surface area contributed by atoms with Crippen molar-refractivity contribution in [3.05, 3.63) is 29.0 Å². The molecule has 7 nitrogen and oxygen atoms in total. The average molecular weight is 393 g/mol. The molecule has 144 valence electrons. The Balaban J connectivity index is 1.50. The number of nitrogens with zero attached hydrogens (tertiary/aromatic N) is 2. The Morgan fingerprint density at radius 2 is 2.00 bits per heavy atom. The van der Waals surface area contributed by atoms with Crippen molar-refractivity contribution in [2.75, 3.05) is 40.4 Å². The van der Waals surface area contributed by atoms with Gasteiger partial charge in [-0.2, -0.15) is 0 Å². The van der Waals surface area contributed by atoms with Crippen LogP contribution in [0.3, 0.4) is 0 Å². The number of fused-ring (bicyclic) bond motifs is 1. The van der Waals surface area contributed by atoms with Crippen LogP contribution in [0.1, 0.15) is 23.4 Å². The van der Waals surface area contributed by atoms with Gasteiger partial charge in [-0.25, -0.2) is 0 Å². The number of carbonyl (C=O) groups excluding carboxylic acids is 2. The molecular weight excluding hydrogens is 372 g/mol. The molecule has 2 aliphatic rings. The van der Waals surface area contributed by atoms with E-state index in [0.717, 1.165) is 5.39 Å². The van der Waals surface area contributed by atoms with Crippen LogP contribution in [-0.4, -0.2) is 67.6 Å². The number of benzene rings is 1. The molecule has 0 unspecified atom stereocenters. The van der Waals surface area contributed by atoms with Gasteiger partial charge in [-0.3, -0.25) is 9.59 Å². The number of likely N-dealkylation sites (tertiary alicyclic amines) is 1. The number of piperidine rings is 1. The van der Waals surface area contributed by atoms with Crippen LogP contribution >= 0.6 is 11.6 Å². The summed E-state index contributed by atoms with van der Waals surface area (Å²) in [6.07, 6.45) is 1.37. The summed E-state index contributed by atoms with van der Waals surface area (Å²) in [4.78, 5) is 28.0. The number of furan rings is 1. The fourth-order valence-corrected chi connectivity index (χ4v) is 4.03. The number of halogens is 1. The normalized spacial score (nSPS) is 19.7. The first kappa shape index (κ1) is 18.1. The summed E-state index contributed by atoms with van der Waals surface area (Å²) in [5, 5.41) is 1.25. The standard InChI is InChI=1S/C19H21ClN2O5/c1-21-11-19(26-10-16(21)23)3-5-22(6-4-19)18(24)15-8-12-7-13(20)9-14(25-2)17(12)27-15/h7-9H,3-6,10-11H2,1-2H3. The van der Waals surface area contributed by atoms with Crippen LogP contribution < -0.4 is 4.74 Å². The molecule has 27 heavy (non-hydrogen) atoms. The van der Waals surface area contributed by atoms with Crippen molar-refractivity contribution in [3.8, 4) is 5.75 Å². The van der Waals surface area contributed by atoms with E-state index < -0.39 is 0 Å². The molecule has 0 atom stereocenters. The van der Waals surface area contributed by atoms with E-state index in [-0.39, 0.29) is 29.8 Å². The Hall–Kier alpha value is -2.25. The number of amides is 2. The third-order valence-corrected chi connectivity index (χ3v) is 5.61. The highest BCUT2D eigenvalue weighted by atomic mass is 35.5. The average Bonchev–Trinajstić information content (AvgIpc) is 3.08. The molecule has 2 amide bonds. The molecule has 3 heterocycles. The first-order valence-corrected chi connectivity index (χ1v) is 9.23. The summed E-state index contributed by atoms with van der Waals surface area (Å²) in [5.41, 5.74) is 0.152. The number of likely N-dealkylation sites (N-methyl/N-ethyl adjacent to an activating group) is 1. The van der Waals surface area contributed by atoms with Gasteiger partial charge in [0.2, 0.25) is 5.91 Å². The topological polar surface area (TPSA) is 72.2 Å². The minimum absolute atomic E-state index is 0.00554. The maximum atomic E-state index is 12.9. The summed E-state index contributed by atoms with van der Waals surface area (Å²) < 4.78 is 16.9. The smallest absolute Gasteiger partial charge is 0.289 e. The van der Waals surface area contributed by atoms with Crippen molar-refractivity contribution in [1.29, 1.82) is 0 Å². The second-order valence-electron chi connectivity index (χ2n) is 7.15. The van der Waals surface area contributed by atoms with E-state index in [4.69, 9.17) is 25.5 Å². The molecule has 2 saturated heterocycles. The lowest BCUT2D eigenvalue weighted by molar-refractivity contribution is -0.167. The molecule has 2 aliphatic heterocycles. The summed E-state index contributed by atoms with van der Waals surface area (Å²) in [7, 11) is 3.32. The molecule has 8 heteroatoms. The summed E-state index contributed by atoms with van der Waals surface area (Å²) in [5.74, 6) is 0.587. The zero-order chi connectivity index (χ0) is 19.2. The van der Waals surface area contributed by atoms with Gasteiger partial charge >= 0.3 is 0 Å². The molecule has 0 aliphatic carbocycles. The molecule has 0 saturated carbocycles. The number of methoxy groups -OCH3 is 1. The van der Waals surface area contributed by atoms with Crippen molar-refractivity contribution in [1.82, 2.24) is 9.80 Å². The van der Waals surface area contributed by atoms with Gasteiger partial charge in [0.1, 0.15) is 6.61 Å². The van der Waals surface area contributed by atoms with E-state index in [1.54, 1.807) is 35.0 Å². The first-order valence-electron chi connectivity index (χ1n) is 8.85. The number of hydrogen-bond donors (Lipinski definition) is 0. The van der Waals surface area contributed by atoms with Gasteiger partial charge in [0.15, 0.2) is 17.1 Å². The van der Waals surface area contributed by atoms with E-state index in [2.05, 4.69) is 0 Å². The number of rotatable bonds is 2. The number of carbonyl (C=O) groups is 2. The molecule has 1 spiro atoms. The molecule has 4 rings (SSSR count). The summed E-state index contributed by atoms with van der Waals surface area (Å²) in [6, 6.07) is 5.10. The van der Waals surface area contributed by atoms with Crippen molar-refractivity contribution < 1.29 is 23.5 Å². The van der Waals surface area contributed by atoms with Gasteiger partial charge in [-0.05, 0) is 25.0 Å². The van der Waals surface area contributed by atoms with Crippen molar-refractivity contribution in [3.63, 3.8) is 0 Å². The second kappa shape index (κ2) is 6.73. The zero-order valence-corrected chi connectivity index (χ0v) is 16.0. The molecule has 0 bridgehead atoms. The van der Waals surface area contributed by atoms with Crippen LogP contribution in [-0.2, 0) is 9.53 Å². The molecule has 2 aromatic rings. The van der Waals surface area contributed by atoms with E-state index >= 15 is 0 Å². The Morgan fingerprint density at radius 1 is 1.26 bits per heavy atom. The molecule has 1 aromatic heterocycles. The lowest BCUT2D eigenvalue weighted by atomic mass is 9.89. The predicted octanol–water partition coefficient (Wildman–Crippen LogP) is 2.56. The third-order valence-electron chi connectivity index (χ3n) is 5.39. The van der Waals surface area contributed by atoms with Crippen LogP contribution in [0.5, 0.6) is 5.75 Å². The highest BCUT2D eigenvalue weighted by Gasteiger charge is 2.42. The predicted molar refractivity (Wildman–Crippen MR) is 99.2 cm³/mol. The fourth-order valence-electron chi connectivity index (χ4n) is 3.81. The quantitative estimate of drug-likeness (QED) is 0.785. The molecular formula is C19H21ClN2O5. The SMILES string of the molecule is COc1cc(Cl)cc2cc(C(=O)N3CCC4(CC3)CN(C)C(=O)CO4)oc12. The van der Waals surface area contributed by atoms with Crippen LogP contribution in [0, 0.1) is 0 Å². The number of ether oxygens (including phenoxy) is 2. The lowest BCUT2D eigenvalue weighted by Gasteiger charge is -2.45. The van der Waals surface area contributed by atoms with Crippen LogP contribution in [0.2, 0.25) is 5.02 Å². The van der Waals surface area contributed by atoms with Crippen molar-refractivity contribution in [2.24, 2.45) is 0 Å². The van der Waals surface area contributed by atoms with Gasteiger partial charge in [0, 0.05) is 43.2 Å². The van der Waals surface area contributed by atoms with E-state index in [1.165, 1.54) is 7.11 Å². The molecule has 0 N–H and O–H groups in total. The minimum atomic E-state index is -0.357. The maximum absolute atomic E-state index is 12.9. The second-order valence-corrected chi connectivity index (χ2v) is 7.59. The van der Waals surface area contributed by atoms with Gasteiger partial charge in [-0.1, -0.05) is 11.6 Å². The number of hydrogen-bond acceptors (Lipinski definition) is 5. The van der Waals surface area contributed by atoms with Crippen molar-refractivity contribution in [2.45, 2.75) is 18.4 Å². The maximum Gasteiger partial charge on any atom is 0.289 e. The molecule has 1 aromatic carbocycles. The summed E-state index contributed by atoms with van der Waals surface area (Å²) >= 11 is 6.09. The molecule has 2 fully saturated rings. The monoisotopic (exact) mass is 392 g/mol. The third kappa shape index (κ3) is 3.26. The first-order chi connectivity index (χ1) is 12.9. The minimum Gasteiger partial charge on any atom is -0.493 e. The fraction of sp³-hybridized carbons (Fsp3) is 0.474. The van der Waals surface area contributed by atoms with Crippen LogP contribution in [0.25, 0.3) is 11.0 Å². The van der Waals surface area contributed by atoms with Crippen LogP contribution in [0.4, 0.5) is 0 Å². The Morgan fingerprint density at radius 3 is 2.67 bits per heavy atom. The number of morpholine rings is 1. The zero-order valence-electron chi connectivity index (χ0n) is 15.3. The Kier molecular flexibility index (Phi) is 4.52. The van der Waals surface area contributed by atoms with E-state index in [0.29, 0.717) is 48.8 Å². The highest BCUT2D eigenvalue weighted by Crippen LogP contribution is 2.34. The highest BCUT2D eigenvalue weighted by molar-refractivity contribution is 6.31.